The second-order valence-corrected chi connectivity index (χ2v) is 4.16. The summed E-state index contributed by atoms with van der Waals surface area (Å²) in [5.74, 6) is 0. The molecule has 1 aromatic carbocycles. The molecule has 2 rings (SSSR count). The minimum absolute atomic E-state index is 0.0842. The third-order valence-corrected chi connectivity index (χ3v) is 2.75. The number of nitro groups is 1. The fourth-order valence-corrected chi connectivity index (χ4v) is 1.82. The molecule has 5 heteroatoms. The molecule has 0 aliphatic heterocycles. The predicted octanol–water partition coefficient (Wildman–Crippen LogP) is 3.48. The summed E-state index contributed by atoms with van der Waals surface area (Å²) in [6.07, 6.45) is 4.37. The van der Waals surface area contributed by atoms with Gasteiger partial charge >= 0.3 is 0 Å². The monoisotopic (exact) mass is 257 g/mol. The van der Waals surface area contributed by atoms with E-state index >= 15 is 0 Å². The van der Waals surface area contributed by atoms with Crippen LogP contribution in [-0.2, 0) is 0 Å². The molecule has 0 saturated heterocycles. The number of anilines is 1. The molecule has 98 valence electrons. The first-order valence-electron chi connectivity index (χ1n) is 6.15. The van der Waals surface area contributed by atoms with Crippen LogP contribution in [0.1, 0.15) is 13.3 Å². The van der Waals surface area contributed by atoms with Gasteiger partial charge in [-0.15, -0.1) is 0 Å². The smallest absolute Gasteiger partial charge is 0.270 e. The zero-order chi connectivity index (χ0) is 13.7. The first-order chi connectivity index (χ1) is 9.22. The predicted molar refractivity (Wildman–Crippen MR) is 75.1 cm³/mol. The Kier molecular flexibility index (Phi) is 4.07. The molecule has 0 atom stereocenters. The van der Waals surface area contributed by atoms with Crippen LogP contribution in [0.15, 0.2) is 42.7 Å². The zero-order valence-electron chi connectivity index (χ0n) is 10.7. The summed E-state index contributed by atoms with van der Waals surface area (Å²) in [6.45, 7) is 2.90. The number of nitrogens with one attached hydrogen (secondary N) is 1. The van der Waals surface area contributed by atoms with E-state index in [-0.39, 0.29) is 10.6 Å². The lowest BCUT2D eigenvalue weighted by molar-refractivity contribution is -0.384. The number of hydrogen-bond donors (Lipinski definition) is 1. The Morgan fingerprint density at radius 2 is 2.21 bits per heavy atom. The quantitative estimate of drug-likeness (QED) is 0.657. The van der Waals surface area contributed by atoms with Crippen molar-refractivity contribution in [3.8, 4) is 11.1 Å². The van der Waals surface area contributed by atoms with Crippen LogP contribution in [0.2, 0.25) is 0 Å². The van der Waals surface area contributed by atoms with Gasteiger partial charge in [0.25, 0.3) is 5.69 Å². The molecule has 1 aromatic heterocycles. The first-order valence-corrected chi connectivity index (χ1v) is 6.15. The van der Waals surface area contributed by atoms with Gasteiger partial charge in [0.2, 0.25) is 0 Å². The number of rotatable bonds is 5. The average Bonchev–Trinajstić information content (AvgIpc) is 2.45. The molecule has 0 saturated carbocycles. The molecule has 0 fully saturated rings. The van der Waals surface area contributed by atoms with Crippen LogP contribution >= 0.6 is 0 Å². The van der Waals surface area contributed by atoms with Gasteiger partial charge in [-0.25, -0.2) is 0 Å². The standard InChI is InChI=1S/C14H15N3O2/c1-2-7-16-14-6-5-12(17(18)19)9-13(14)11-4-3-8-15-10-11/h3-6,8-10,16H,2,7H2,1H3. The maximum atomic E-state index is 10.9. The highest BCUT2D eigenvalue weighted by molar-refractivity contribution is 5.79. The van der Waals surface area contributed by atoms with Gasteiger partial charge in [-0.3, -0.25) is 15.1 Å². The largest absolute Gasteiger partial charge is 0.385 e. The lowest BCUT2D eigenvalue weighted by atomic mass is 10.0. The van der Waals surface area contributed by atoms with Crippen LogP contribution in [0.3, 0.4) is 0 Å². The van der Waals surface area contributed by atoms with E-state index in [2.05, 4.69) is 17.2 Å². The fraction of sp³-hybridized carbons (Fsp3) is 0.214. The second-order valence-electron chi connectivity index (χ2n) is 4.16. The molecule has 5 nitrogen and oxygen atoms in total. The van der Waals surface area contributed by atoms with E-state index in [1.807, 2.05) is 12.1 Å². The van der Waals surface area contributed by atoms with Gasteiger partial charge in [0.05, 0.1) is 4.92 Å². The summed E-state index contributed by atoms with van der Waals surface area (Å²) in [5, 5.41) is 14.2. The van der Waals surface area contributed by atoms with Crippen LogP contribution in [0.4, 0.5) is 11.4 Å². The van der Waals surface area contributed by atoms with Crippen molar-refractivity contribution in [1.29, 1.82) is 0 Å². The van der Waals surface area contributed by atoms with Crippen LogP contribution < -0.4 is 5.32 Å². The normalized spacial score (nSPS) is 10.2. The highest BCUT2D eigenvalue weighted by Crippen LogP contribution is 2.31. The zero-order valence-corrected chi connectivity index (χ0v) is 10.7. The van der Waals surface area contributed by atoms with Crippen molar-refractivity contribution in [1.82, 2.24) is 4.98 Å². The Labute approximate surface area is 111 Å². The molecule has 0 aliphatic carbocycles. The van der Waals surface area contributed by atoms with Crippen LogP contribution in [-0.4, -0.2) is 16.5 Å². The lowest BCUT2D eigenvalue weighted by Gasteiger charge is -2.11. The van der Waals surface area contributed by atoms with Crippen molar-refractivity contribution in [2.24, 2.45) is 0 Å². The number of hydrogen-bond acceptors (Lipinski definition) is 4. The van der Waals surface area contributed by atoms with E-state index in [0.29, 0.717) is 0 Å². The maximum absolute atomic E-state index is 10.9. The Morgan fingerprint density at radius 1 is 1.37 bits per heavy atom. The molecule has 0 unspecified atom stereocenters. The highest BCUT2D eigenvalue weighted by atomic mass is 16.6. The number of benzene rings is 1. The van der Waals surface area contributed by atoms with E-state index in [0.717, 1.165) is 29.8 Å². The Bertz CT molecular complexity index is 570. The number of nitro benzene ring substituents is 1. The maximum Gasteiger partial charge on any atom is 0.270 e. The van der Waals surface area contributed by atoms with Gasteiger partial charge in [0.1, 0.15) is 0 Å². The van der Waals surface area contributed by atoms with Gasteiger partial charge in [-0.05, 0) is 18.6 Å². The molecule has 1 N–H and O–H groups in total. The number of non-ortho nitro benzene ring substituents is 1. The molecule has 2 aromatic rings. The molecule has 0 aliphatic rings. The minimum Gasteiger partial charge on any atom is -0.385 e. The summed E-state index contributed by atoms with van der Waals surface area (Å²) < 4.78 is 0. The van der Waals surface area contributed by atoms with Crippen molar-refractivity contribution in [3.05, 3.63) is 52.8 Å². The van der Waals surface area contributed by atoms with Crippen molar-refractivity contribution >= 4 is 11.4 Å². The van der Waals surface area contributed by atoms with Crippen molar-refractivity contribution in [2.45, 2.75) is 13.3 Å². The molecule has 0 amide bonds. The molecule has 0 spiro atoms. The van der Waals surface area contributed by atoms with E-state index in [4.69, 9.17) is 0 Å². The summed E-state index contributed by atoms with van der Waals surface area (Å²) in [7, 11) is 0. The first kappa shape index (κ1) is 13.0. The molecule has 1 heterocycles. The van der Waals surface area contributed by atoms with Crippen molar-refractivity contribution in [2.75, 3.05) is 11.9 Å². The number of nitrogens with zero attached hydrogens (tertiary/aromatic N) is 2. The van der Waals surface area contributed by atoms with Gasteiger partial charge in [-0.1, -0.05) is 13.0 Å². The van der Waals surface area contributed by atoms with Gasteiger partial charge < -0.3 is 5.32 Å². The van der Waals surface area contributed by atoms with Crippen molar-refractivity contribution in [3.63, 3.8) is 0 Å². The average molecular weight is 257 g/mol. The minimum atomic E-state index is -0.385. The van der Waals surface area contributed by atoms with Crippen LogP contribution in [0.25, 0.3) is 11.1 Å². The highest BCUT2D eigenvalue weighted by Gasteiger charge is 2.12. The van der Waals surface area contributed by atoms with Crippen LogP contribution in [0.5, 0.6) is 0 Å². The number of pyridine rings is 1. The summed E-state index contributed by atoms with van der Waals surface area (Å²) in [6, 6.07) is 8.55. The van der Waals surface area contributed by atoms with E-state index in [1.54, 1.807) is 24.5 Å². The third-order valence-electron chi connectivity index (χ3n) is 2.75. The van der Waals surface area contributed by atoms with Gasteiger partial charge in [0, 0.05) is 47.9 Å². The molecule has 0 bridgehead atoms. The molecule has 0 radical (unpaired) electrons. The molecule has 19 heavy (non-hydrogen) atoms. The summed E-state index contributed by atoms with van der Waals surface area (Å²) in [4.78, 5) is 14.6. The lowest BCUT2D eigenvalue weighted by Crippen LogP contribution is -2.02. The van der Waals surface area contributed by atoms with E-state index < -0.39 is 0 Å². The van der Waals surface area contributed by atoms with E-state index in [1.165, 1.54) is 6.07 Å². The summed E-state index contributed by atoms with van der Waals surface area (Å²) in [5.41, 5.74) is 2.64. The SMILES string of the molecule is CCCNc1ccc([N+](=O)[O-])cc1-c1cccnc1. The van der Waals surface area contributed by atoms with Crippen molar-refractivity contribution < 1.29 is 4.92 Å². The Hall–Kier alpha value is -2.43. The fourth-order valence-electron chi connectivity index (χ4n) is 1.82. The molecular weight excluding hydrogens is 242 g/mol. The molecular formula is C14H15N3O2. The van der Waals surface area contributed by atoms with Gasteiger partial charge in [0.15, 0.2) is 0 Å². The number of aromatic nitrogens is 1. The van der Waals surface area contributed by atoms with Crippen LogP contribution in [0, 0.1) is 10.1 Å². The Morgan fingerprint density at radius 3 is 2.84 bits per heavy atom. The summed E-state index contributed by atoms with van der Waals surface area (Å²) >= 11 is 0. The second kappa shape index (κ2) is 5.95. The Balaban J connectivity index is 2.47. The topological polar surface area (TPSA) is 68.1 Å². The van der Waals surface area contributed by atoms with Gasteiger partial charge in [-0.2, -0.15) is 0 Å². The third kappa shape index (κ3) is 3.07. The van der Waals surface area contributed by atoms with E-state index in [9.17, 15) is 10.1 Å².